The van der Waals surface area contributed by atoms with Crippen LogP contribution in [0.5, 0.6) is 5.75 Å². The summed E-state index contributed by atoms with van der Waals surface area (Å²) < 4.78 is 50.9. The number of carboxylic acid groups (broad SMARTS) is 1. The summed E-state index contributed by atoms with van der Waals surface area (Å²) in [6.45, 7) is 4.14. The summed E-state index contributed by atoms with van der Waals surface area (Å²) >= 11 is 5.27. The molecule has 2 saturated heterocycles. The molecule has 0 radical (unpaired) electrons. The Hall–Kier alpha value is -4.22. The number of aromatic carboxylic acids is 1. The molecule has 0 bridgehead atoms. The molecule has 8 nitrogen and oxygen atoms in total. The minimum atomic E-state index is -4.26. The van der Waals surface area contributed by atoms with Crippen LogP contribution in [0.2, 0.25) is 0 Å². The number of ether oxygens (including phenoxy) is 1. The highest BCUT2D eigenvalue weighted by molar-refractivity contribution is 6.21. The number of halogens is 4. The van der Waals surface area contributed by atoms with Gasteiger partial charge in [0.05, 0.1) is 5.39 Å². The lowest BCUT2D eigenvalue weighted by atomic mass is 10.1. The third-order valence-electron chi connectivity index (χ3n) is 8.16. The third kappa shape index (κ3) is 6.07. The molecule has 3 heterocycles. The highest BCUT2D eigenvalue weighted by atomic mass is 35.5. The smallest absolute Gasteiger partial charge is 0.477 e. The first-order valence-electron chi connectivity index (χ1n) is 14.4. The molecule has 3 aromatic carbocycles. The highest BCUT2D eigenvalue weighted by Gasteiger charge is 2.35. The lowest BCUT2D eigenvalue weighted by Crippen LogP contribution is -2.47. The minimum absolute atomic E-state index is 0.213. The summed E-state index contributed by atoms with van der Waals surface area (Å²) in [6.07, 6.45) is 3.32. The molecule has 0 spiro atoms. The lowest BCUT2D eigenvalue weighted by molar-refractivity contribution is -0.0955. The van der Waals surface area contributed by atoms with E-state index in [0.29, 0.717) is 18.8 Å². The van der Waals surface area contributed by atoms with Crippen LogP contribution in [0.25, 0.3) is 16.6 Å². The maximum absolute atomic E-state index is 15.9. The number of carbonyl (C=O) groups is 1. The maximum atomic E-state index is 15.9. The van der Waals surface area contributed by atoms with Crippen LogP contribution in [0.3, 0.4) is 0 Å². The van der Waals surface area contributed by atoms with E-state index < -0.39 is 39.5 Å². The van der Waals surface area contributed by atoms with Gasteiger partial charge in [-0.3, -0.25) is 9.69 Å². The Morgan fingerprint density at radius 2 is 1.55 bits per heavy atom. The van der Waals surface area contributed by atoms with E-state index in [0.717, 1.165) is 56.0 Å². The van der Waals surface area contributed by atoms with Crippen molar-refractivity contribution in [3.05, 3.63) is 94.0 Å². The molecular formula is C32H30ClF3N4O4. The number of anilines is 2. The van der Waals surface area contributed by atoms with Gasteiger partial charge in [0.2, 0.25) is 5.43 Å². The lowest BCUT2D eigenvalue weighted by Gasteiger charge is -2.38. The van der Waals surface area contributed by atoms with Crippen LogP contribution in [0.1, 0.15) is 28.8 Å². The predicted molar refractivity (Wildman–Crippen MR) is 163 cm³/mol. The molecule has 0 amide bonds. The van der Waals surface area contributed by atoms with Crippen LogP contribution in [-0.4, -0.2) is 65.4 Å². The fraction of sp³-hybridized carbons (Fsp3) is 0.312. The second kappa shape index (κ2) is 12.0. The molecule has 0 unspecified atom stereocenters. The second-order valence-corrected chi connectivity index (χ2v) is 11.4. The van der Waals surface area contributed by atoms with E-state index in [4.69, 9.17) is 16.3 Å². The van der Waals surface area contributed by atoms with Gasteiger partial charge < -0.3 is 24.2 Å². The first-order valence-corrected chi connectivity index (χ1v) is 14.7. The van der Waals surface area contributed by atoms with Crippen LogP contribution < -0.4 is 20.0 Å². The number of hydrogen-bond donors (Lipinski definition) is 1. The summed E-state index contributed by atoms with van der Waals surface area (Å²) in [6, 6.07) is 17.6. The number of fused-ring (bicyclic) bond motifs is 1. The zero-order valence-electron chi connectivity index (χ0n) is 23.7. The van der Waals surface area contributed by atoms with Gasteiger partial charge in [-0.15, -0.1) is 8.78 Å². The second-order valence-electron chi connectivity index (χ2n) is 11.0. The van der Waals surface area contributed by atoms with E-state index >= 15 is 4.39 Å². The predicted octanol–water partition coefficient (Wildman–Crippen LogP) is 5.92. The molecule has 1 aromatic heterocycles. The van der Waals surface area contributed by atoms with Gasteiger partial charge in [-0.25, -0.2) is 9.18 Å². The fourth-order valence-electron chi connectivity index (χ4n) is 6.07. The van der Waals surface area contributed by atoms with Crippen molar-refractivity contribution in [2.75, 3.05) is 49.1 Å². The van der Waals surface area contributed by atoms with E-state index in [-0.39, 0.29) is 24.3 Å². The quantitative estimate of drug-likeness (QED) is 0.243. The average molecular weight is 627 g/mol. The monoisotopic (exact) mass is 626 g/mol. The summed E-state index contributed by atoms with van der Waals surface area (Å²) in [4.78, 5) is 31.3. The Balaban J connectivity index is 1.49. The summed E-state index contributed by atoms with van der Waals surface area (Å²) in [5.74, 6) is -3.19. The van der Waals surface area contributed by atoms with Crippen molar-refractivity contribution in [2.45, 2.75) is 25.0 Å². The molecule has 12 heteroatoms. The fourth-order valence-corrected chi connectivity index (χ4v) is 6.14. The van der Waals surface area contributed by atoms with Gasteiger partial charge in [0.15, 0.2) is 11.6 Å². The number of piperazine rings is 1. The molecule has 0 atom stereocenters. The number of pyridine rings is 1. The molecule has 2 aliphatic heterocycles. The number of para-hydroxylation sites is 1. The highest BCUT2D eigenvalue weighted by Crippen LogP contribution is 2.43. The molecule has 4 aromatic rings. The Morgan fingerprint density at radius 1 is 0.909 bits per heavy atom. The topological polar surface area (TPSA) is 78.2 Å². The molecule has 2 fully saturated rings. The molecule has 0 saturated carbocycles. The Kier molecular flexibility index (Phi) is 8.17. The van der Waals surface area contributed by atoms with E-state index in [1.165, 1.54) is 4.57 Å². The zero-order valence-corrected chi connectivity index (χ0v) is 24.4. The summed E-state index contributed by atoms with van der Waals surface area (Å²) in [5, 5.41) is 9.38. The van der Waals surface area contributed by atoms with Crippen molar-refractivity contribution in [3.63, 3.8) is 0 Å². The van der Waals surface area contributed by atoms with Gasteiger partial charge in [-0.05, 0) is 61.8 Å². The summed E-state index contributed by atoms with van der Waals surface area (Å²) in [5.41, 5.74) is -4.08. The standard InChI is InChI=1S/C32H30ClF3N4O4/c33-32(35,36)44-30-27-24(18-26(34)28(30)39-16-14-38(15-17-39)22-6-2-1-3-7-22)29(41)25(31(42)43)20-40(27)23-10-8-21(9-11-23)19-37-12-4-5-13-37/h1-3,6-11,18,20H,4-5,12-17,19H2,(H,42,43). The van der Waals surface area contributed by atoms with Crippen LogP contribution >= 0.6 is 11.6 Å². The summed E-state index contributed by atoms with van der Waals surface area (Å²) in [7, 11) is 0. The van der Waals surface area contributed by atoms with Crippen molar-refractivity contribution < 1.29 is 27.8 Å². The van der Waals surface area contributed by atoms with E-state index in [1.807, 2.05) is 42.5 Å². The number of likely N-dealkylation sites (tertiary alicyclic amines) is 1. The first-order chi connectivity index (χ1) is 21.1. The minimum Gasteiger partial charge on any atom is -0.477 e. The molecule has 0 aliphatic carbocycles. The number of hydrogen-bond acceptors (Lipinski definition) is 6. The van der Waals surface area contributed by atoms with Crippen molar-refractivity contribution >= 4 is 39.8 Å². The number of aromatic nitrogens is 1. The Morgan fingerprint density at radius 3 is 2.16 bits per heavy atom. The van der Waals surface area contributed by atoms with Gasteiger partial charge in [-0.2, -0.15) is 0 Å². The SMILES string of the molecule is O=C(O)c1cn(-c2ccc(CN3CCCC3)cc2)c2c(OC(F)(F)Cl)c(N3CCN(c4ccccc4)CC3)c(F)cc2c1=O. The number of alkyl halides is 3. The van der Waals surface area contributed by atoms with Crippen LogP contribution in [0, 0.1) is 5.82 Å². The first kappa shape index (κ1) is 29.8. The van der Waals surface area contributed by atoms with Gasteiger partial charge in [-0.1, -0.05) is 30.3 Å². The average Bonchev–Trinajstić information content (AvgIpc) is 3.51. The van der Waals surface area contributed by atoms with Crippen molar-refractivity contribution in [2.24, 2.45) is 0 Å². The normalized spacial score (nSPS) is 16.1. The molecule has 1 N–H and O–H groups in total. The van der Waals surface area contributed by atoms with Crippen molar-refractivity contribution in [1.29, 1.82) is 0 Å². The van der Waals surface area contributed by atoms with E-state index in [9.17, 15) is 23.5 Å². The molecule has 6 rings (SSSR count). The van der Waals surface area contributed by atoms with Crippen molar-refractivity contribution in [1.82, 2.24) is 9.47 Å². The van der Waals surface area contributed by atoms with Crippen molar-refractivity contribution in [3.8, 4) is 11.4 Å². The van der Waals surface area contributed by atoms with Crippen LogP contribution in [0.15, 0.2) is 71.7 Å². The van der Waals surface area contributed by atoms with Crippen LogP contribution in [0.4, 0.5) is 24.5 Å². The van der Waals surface area contributed by atoms with Crippen LogP contribution in [-0.2, 0) is 6.54 Å². The third-order valence-corrected chi connectivity index (χ3v) is 8.23. The Labute approximate surface area is 256 Å². The van der Waals surface area contributed by atoms with Gasteiger partial charge >= 0.3 is 11.5 Å². The van der Waals surface area contributed by atoms with Gasteiger partial charge in [0, 0.05) is 61.9 Å². The molecular weight excluding hydrogens is 597 g/mol. The number of carboxylic acids is 1. The number of benzene rings is 3. The van der Waals surface area contributed by atoms with E-state index in [2.05, 4.69) is 9.80 Å². The number of rotatable bonds is 8. The molecule has 44 heavy (non-hydrogen) atoms. The largest absolute Gasteiger partial charge is 0.487 e. The van der Waals surface area contributed by atoms with Gasteiger partial charge in [0.1, 0.15) is 16.8 Å². The van der Waals surface area contributed by atoms with E-state index in [1.54, 1.807) is 17.0 Å². The molecule has 230 valence electrons. The maximum Gasteiger partial charge on any atom is 0.487 e. The zero-order chi connectivity index (χ0) is 31.0. The molecule has 2 aliphatic rings. The van der Waals surface area contributed by atoms with Gasteiger partial charge in [0.25, 0.3) is 0 Å². The Bertz CT molecular complexity index is 1730. The number of nitrogens with zero attached hydrogens (tertiary/aromatic N) is 4.